The second kappa shape index (κ2) is 5.00. The van der Waals surface area contributed by atoms with Gasteiger partial charge < -0.3 is 10.9 Å². The molecule has 1 aliphatic carbocycles. The third-order valence-corrected chi connectivity index (χ3v) is 4.79. The van der Waals surface area contributed by atoms with Gasteiger partial charge in [0.2, 0.25) is 0 Å². The summed E-state index contributed by atoms with van der Waals surface area (Å²) >= 11 is 1.88. The predicted molar refractivity (Wildman–Crippen MR) is 71.6 cm³/mol. The Labute approximate surface area is 106 Å². The number of amidine groups is 1. The van der Waals surface area contributed by atoms with E-state index in [9.17, 15) is 0 Å². The van der Waals surface area contributed by atoms with Gasteiger partial charge in [-0.1, -0.05) is 23.4 Å². The summed E-state index contributed by atoms with van der Waals surface area (Å²) in [5.41, 5.74) is 7.17. The van der Waals surface area contributed by atoms with Gasteiger partial charge in [0.25, 0.3) is 0 Å². The average molecular weight is 250 g/mol. The highest BCUT2D eigenvalue weighted by Gasteiger charge is 2.43. The van der Waals surface area contributed by atoms with Gasteiger partial charge in [-0.2, -0.15) is 0 Å². The lowest BCUT2D eigenvalue weighted by molar-refractivity contribution is 0.315. The van der Waals surface area contributed by atoms with Crippen molar-refractivity contribution in [3.63, 3.8) is 0 Å². The Morgan fingerprint density at radius 1 is 1.47 bits per heavy atom. The van der Waals surface area contributed by atoms with Crippen molar-refractivity contribution in [3.8, 4) is 0 Å². The van der Waals surface area contributed by atoms with Gasteiger partial charge in [0.1, 0.15) is 5.84 Å². The van der Waals surface area contributed by atoms with E-state index < -0.39 is 0 Å². The first-order valence-electron chi connectivity index (χ1n) is 5.80. The molecule has 0 unspecified atom stereocenters. The molecule has 92 valence electrons. The Kier molecular flexibility index (Phi) is 3.62. The SMILES string of the molecule is Cc1ccccc1SCC1(CC(N)=NO)CC1. The number of nitrogens with zero attached hydrogens (tertiary/aromatic N) is 1. The van der Waals surface area contributed by atoms with Crippen LogP contribution in [0, 0.1) is 12.3 Å². The highest BCUT2D eigenvalue weighted by molar-refractivity contribution is 7.99. The van der Waals surface area contributed by atoms with E-state index >= 15 is 0 Å². The van der Waals surface area contributed by atoms with Crippen molar-refractivity contribution in [3.05, 3.63) is 29.8 Å². The number of thioether (sulfide) groups is 1. The van der Waals surface area contributed by atoms with Gasteiger partial charge in [-0.3, -0.25) is 0 Å². The van der Waals surface area contributed by atoms with E-state index in [1.807, 2.05) is 11.8 Å². The summed E-state index contributed by atoms with van der Waals surface area (Å²) < 4.78 is 0. The van der Waals surface area contributed by atoms with Crippen LogP contribution in [-0.4, -0.2) is 16.8 Å². The molecule has 1 aromatic rings. The summed E-state index contributed by atoms with van der Waals surface area (Å²) in [6, 6.07) is 8.41. The van der Waals surface area contributed by atoms with Crippen LogP contribution in [0.4, 0.5) is 0 Å². The summed E-state index contributed by atoms with van der Waals surface area (Å²) in [5.74, 6) is 1.40. The summed E-state index contributed by atoms with van der Waals surface area (Å²) in [5, 5.41) is 11.7. The number of nitrogens with two attached hydrogens (primary N) is 1. The minimum Gasteiger partial charge on any atom is -0.409 e. The van der Waals surface area contributed by atoms with Crippen molar-refractivity contribution in [2.75, 3.05) is 5.75 Å². The highest BCUT2D eigenvalue weighted by atomic mass is 32.2. The lowest BCUT2D eigenvalue weighted by atomic mass is 10.1. The number of benzene rings is 1. The minimum atomic E-state index is 0.267. The Morgan fingerprint density at radius 2 is 2.18 bits per heavy atom. The van der Waals surface area contributed by atoms with Gasteiger partial charge in [-0.25, -0.2) is 0 Å². The smallest absolute Gasteiger partial charge is 0.139 e. The third-order valence-electron chi connectivity index (χ3n) is 3.27. The van der Waals surface area contributed by atoms with Crippen LogP contribution in [0.5, 0.6) is 0 Å². The second-order valence-electron chi connectivity index (χ2n) is 4.82. The Bertz CT molecular complexity index is 427. The molecule has 0 radical (unpaired) electrons. The molecule has 0 aromatic heterocycles. The fraction of sp³-hybridized carbons (Fsp3) is 0.462. The molecule has 1 aromatic carbocycles. The van der Waals surface area contributed by atoms with E-state index in [1.54, 1.807) is 0 Å². The first-order chi connectivity index (χ1) is 8.15. The molecule has 4 heteroatoms. The van der Waals surface area contributed by atoms with E-state index in [0.29, 0.717) is 12.3 Å². The molecule has 17 heavy (non-hydrogen) atoms. The van der Waals surface area contributed by atoms with Crippen LogP contribution in [0.25, 0.3) is 0 Å². The molecular formula is C13H18N2OS. The number of hydrogen-bond donors (Lipinski definition) is 2. The topological polar surface area (TPSA) is 58.6 Å². The van der Waals surface area contributed by atoms with E-state index in [1.165, 1.54) is 23.3 Å². The molecule has 0 heterocycles. The summed E-state index contributed by atoms with van der Waals surface area (Å²) in [4.78, 5) is 1.33. The summed E-state index contributed by atoms with van der Waals surface area (Å²) in [6.45, 7) is 2.13. The molecule has 0 aliphatic heterocycles. The van der Waals surface area contributed by atoms with E-state index in [0.717, 1.165) is 5.75 Å². The Hall–Kier alpha value is -1.16. The van der Waals surface area contributed by atoms with Gasteiger partial charge in [0.15, 0.2) is 0 Å². The fourth-order valence-corrected chi connectivity index (χ4v) is 3.24. The zero-order valence-electron chi connectivity index (χ0n) is 10.0. The molecule has 0 bridgehead atoms. The molecule has 0 atom stereocenters. The molecule has 0 spiro atoms. The van der Waals surface area contributed by atoms with Crippen LogP contribution in [0.3, 0.4) is 0 Å². The average Bonchev–Trinajstić information content (AvgIpc) is 3.08. The maximum Gasteiger partial charge on any atom is 0.139 e. The molecule has 3 N–H and O–H groups in total. The number of hydrogen-bond acceptors (Lipinski definition) is 3. The van der Waals surface area contributed by atoms with Crippen LogP contribution < -0.4 is 5.73 Å². The zero-order chi connectivity index (χ0) is 12.3. The number of aryl methyl sites for hydroxylation is 1. The van der Waals surface area contributed by atoms with Crippen molar-refractivity contribution < 1.29 is 5.21 Å². The monoisotopic (exact) mass is 250 g/mol. The first-order valence-corrected chi connectivity index (χ1v) is 6.79. The first kappa shape index (κ1) is 12.3. The van der Waals surface area contributed by atoms with Crippen molar-refractivity contribution in [2.45, 2.75) is 31.1 Å². The van der Waals surface area contributed by atoms with Crippen LogP contribution in [0.1, 0.15) is 24.8 Å². The van der Waals surface area contributed by atoms with Crippen LogP contribution in [0.2, 0.25) is 0 Å². The van der Waals surface area contributed by atoms with Crippen molar-refractivity contribution >= 4 is 17.6 Å². The van der Waals surface area contributed by atoms with Crippen LogP contribution in [0.15, 0.2) is 34.3 Å². The Morgan fingerprint density at radius 3 is 2.76 bits per heavy atom. The molecule has 0 saturated heterocycles. The molecule has 2 rings (SSSR count). The fourth-order valence-electron chi connectivity index (χ4n) is 1.92. The van der Waals surface area contributed by atoms with Crippen LogP contribution in [-0.2, 0) is 0 Å². The molecule has 1 fully saturated rings. The molecule has 1 aliphatic rings. The van der Waals surface area contributed by atoms with Gasteiger partial charge in [-0.05, 0) is 36.8 Å². The maximum atomic E-state index is 8.61. The quantitative estimate of drug-likeness (QED) is 0.278. The molecule has 1 saturated carbocycles. The minimum absolute atomic E-state index is 0.267. The number of oxime groups is 1. The van der Waals surface area contributed by atoms with Gasteiger partial charge >= 0.3 is 0 Å². The van der Waals surface area contributed by atoms with E-state index in [2.05, 4.69) is 36.3 Å². The van der Waals surface area contributed by atoms with E-state index in [4.69, 9.17) is 10.9 Å². The standard InChI is InChI=1S/C13H18N2OS/c1-10-4-2-3-5-11(10)17-9-13(6-7-13)8-12(14)15-16/h2-5,16H,6-9H2,1H3,(H2,14,15). The normalized spacial score (nSPS) is 18.1. The third kappa shape index (κ3) is 3.16. The van der Waals surface area contributed by atoms with Crippen molar-refractivity contribution in [1.82, 2.24) is 0 Å². The van der Waals surface area contributed by atoms with Gasteiger partial charge in [0, 0.05) is 17.1 Å². The molecular weight excluding hydrogens is 232 g/mol. The lowest BCUT2D eigenvalue weighted by Crippen LogP contribution is -2.19. The molecule has 0 amide bonds. The number of rotatable bonds is 5. The highest BCUT2D eigenvalue weighted by Crippen LogP contribution is 2.52. The molecule has 3 nitrogen and oxygen atoms in total. The van der Waals surface area contributed by atoms with Crippen molar-refractivity contribution in [2.24, 2.45) is 16.3 Å². The summed E-state index contributed by atoms with van der Waals surface area (Å²) in [6.07, 6.45) is 3.08. The van der Waals surface area contributed by atoms with E-state index in [-0.39, 0.29) is 5.41 Å². The summed E-state index contributed by atoms with van der Waals surface area (Å²) in [7, 11) is 0. The zero-order valence-corrected chi connectivity index (χ0v) is 10.8. The van der Waals surface area contributed by atoms with Gasteiger partial charge in [0.05, 0.1) is 0 Å². The maximum absolute atomic E-state index is 8.61. The largest absolute Gasteiger partial charge is 0.409 e. The van der Waals surface area contributed by atoms with Crippen LogP contribution >= 0.6 is 11.8 Å². The Balaban J connectivity index is 1.92. The predicted octanol–water partition coefficient (Wildman–Crippen LogP) is 3.00. The second-order valence-corrected chi connectivity index (χ2v) is 5.84. The van der Waals surface area contributed by atoms with Gasteiger partial charge in [-0.15, -0.1) is 11.8 Å². The van der Waals surface area contributed by atoms with Crippen molar-refractivity contribution in [1.29, 1.82) is 0 Å². The lowest BCUT2D eigenvalue weighted by Gasteiger charge is -2.14.